The molecule has 5 nitrogen and oxygen atoms in total. The van der Waals surface area contributed by atoms with Crippen LogP contribution in [0.1, 0.15) is 25.7 Å². The molecule has 1 amide bonds. The minimum absolute atomic E-state index is 0.0669. The Morgan fingerprint density at radius 2 is 1.92 bits per heavy atom. The summed E-state index contributed by atoms with van der Waals surface area (Å²) in [5.41, 5.74) is 0. The molecule has 2 atom stereocenters. The van der Waals surface area contributed by atoms with Gasteiger partial charge in [0, 0.05) is 30.5 Å². The monoisotopic (exact) mass is 418 g/mol. The first-order valence-corrected chi connectivity index (χ1v) is 10.3. The quantitative estimate of drug-likeness (QED) is 0.757. The highest BCUT2D eigenvalue weighted by Gasteiger charge is 2.45. The number of hydrogen-bond donors (Lipinski definition) is 0. The average molecular weight is 419 g/mol. The van der Waals surface area contributed by atoms with Gasteiger partial charge < -0.3 is 4.90 Å². The molecule has 0 aromatic heterocycles. The minimum Gasteiger partial charge on any atom is -0.341 e. The van der Waals surface area contributed by atoms with Gasteiger partial charge in [-0.2, -0.15) is 4.31 Å². The molecule has 2 aliphatic heterocycles. The summed E-state index contributed by atoms with van der Waals surface area (Å²) in [5.74, 6) is -0.270. The van der Waals surface area contributed by atoms with Crippen molar-refractivity contribution in [1.82, 2.24) is 9.21 Å². The largest absolute Gasteiger partial charge is 0.341 e. The number of likely N-dealkylation sites (tertiary alicyclic amines) is 1. The van der Waals surface area contributed by atoms with E-state index in [9.17, 15) is 17.6 Å². The van der Waals surface area contributed by atoms with Crippen LogP contribution >= 0.6 is 15.9 Å². The number of halogens is 2. The van der Waals surface area contributed by atoms with E-state index in [-0.39, 0.29) is 23.8 Å². The van der Waals surface area contributed by atoms with E-state index in [0.29, 0.717) is 17.6 Å². The maximum absolute atomic E-state index is 14.0. The van der Waals surface area contributed by atoms with Crippen LogP contribution in [-0.2, 0) is 14.8 Å². The third kappa shape index (κ3) is 3.50. The Morgan fingerprint density at radius 1 is 1.21 bits per heavy atom. The number of hydrogen-bond acceptors (Lipinski definition) is 3. The fourth-order valence-corrected chi connectivity index (χ4v) is 5.55. The summed E-state index contributed by atoms with van der Waals surface area (Å²) in [5, 5.41) is 0. The van der Waals surface area contributed by atoms with E-state index < -0.39 is 22.2 Å². The van der Waals surface area contributed by atoms with Crippen LogP contribution < -0.4 is 0 Å². The highest BCUT2D eigenvalue weighted by atomic mass is 79.9. The zero-order chi connectivity index (χ0) is 17.3. The standard InChI is InChI=1S/C16H20BrFN2O3S/c17-12-5-4-6-14(9-12)24(22,23)20-11-13(18)10-15(20)16(21)19-7-2-1-3-8-19/h4-6,9,13,15H,1-3,7-8,10-11H2/t13-,15-/m0/s1. The van der Waals surface area contributed by atoms with Crippen molar-refractivity contribution in [3.63, 3.8) is 0 Å². The molecule has 8 heteroatoms. The summed E-state index contributed by atoms with van der Waals surface area (Å²) in [4.78, 5) is 14.5. The van der Waals surface area contributed by atoms with E-state index in [2.05, 4.69) is 15.9 Å². The molecular formula is C16H20BrFN2O3S. The van der Waals surface area contributed by atoms with Gasteiger partial charge in [-0.15, -0.1) is 0 Å². The molecule has 132 valence electrons. The minimum atomic E-state index is -3.91. The van der Waals surface area contributed by atoms with Crippen molar-refractivity contribution in [2.75, 3.05) is 19.6 Å². The third-order valence-corrected chi connectivity index (χ3v) is 6.92. The molecule has 2 fully saturated rings. The van der Waals surface area contributed by atoms with Crippen molar-refractivity contribution >= 4 is 31.9 Å². The molecule has 24 heavy (non-hydrogen) atoms. The van der Waals surface area contributed by atoms with Crippen molar-refractivity contribution < 1.29 is 17.6 Å². The van der Waals surface area contributed by atoms with Gasteiger partial charge >= 0.3 is 0 Å². The summed E-state index contributed by atoms with van der Waals surface area (Å²) in [7, 11) is -3.91. The predicted molar refractivity (Wildman–Crippen MR) is 91.8 cm³/mol. The Hall–Kier alpha value is -0.990. The Labute approximate surface area is 150 Å². The highest BCUT2D eigenvalue weighted by molar-refractivity contribution is 9.10. The molecule has 1 aromatic rings. The lowest BCUT2D eigenvalue weighted by Crippen LogP contribution is -2.49. The van der Waals surface area contributed by atoms with Gasteiger partial charge in [0.05, 0.1) is 4.90 Å². The van der Waals surface area contributed by atoms with Gasteiger partial charge in [0.1, 0.15) is 12.2 Å². The van der Waals surface area contributed by atoms with E-state index in [1.165, 1.54) is 12.1 Å². The van der Waals surface area contributed by atoms with Crippen molar-refractivity contribution in [2.45, 2.75) is 42.8 Å². The molecule has 0 saturated carbocycles. The number of alkyl halides is 1. The smallest absolute Gasteiger partial charge is 0.243 e. The van der Waals surface area contributed by atoms with Crippen LogP contribution in [0.15, 0.2) is 33.6 Å². The third-order valence-electron chi connectivity index (χ3n) is 4.56. The van der Waals surface area contributed by atoms with E-state index in [4.69, 9.17) is 0 Å². The normalized spacial score (nSPS) is 25.8. The molecular weight excluding hydrogens is 399 g/mol. The fourth-order valence-electron chi connectivity index (χ4n) is 3.33. The number of benzene rings is 1. The lowest BCUT2D eigenvalue weighted by molar-refractivity contribution is -0.135. The number of amides is 1. The molecule has 0 spiro atoms. The van der Waals surface area contributed by atoms with E-state index >= 15 is 0 Å². The summed E-state index contributed by atoms with van der Waals surface area (Å²) in [6, 6.07) is 5.33. The first-order chi connectivity index (χ1) is 11.4. The van der Waals surface area contributed by atoms with Crippen LogP contribution in [0.5, 0.6) is 0 Å². The number of sulfonamides is 1. The second kappa shape index (κ2) is 7.09. The van der Waals surface area contributed by atoms with Crippen LogP contribution in [0.3, 0.4) is 0 Å². The molecule has 0 radical (unpaired) electrons. The van der Waals surface area contributed by atoms with E-state index in [0.717, 1.165) is 23.6 Å². The topological polar surface area (TPSA) is 57.7 Å². The molecule has 1 aromatic carbocycles. The maximum atomic E-state index is 14.0. The molecule has 3 rings (SSSR count). The van der Waals surface area contributed by atoms with Gasteiger partial charge in [0.15, 0.2) is 0 Å². The zero-order valence-electron chi connectivity index (χ0n) is 13.2. The fraction of sp³-hybridized carbons (Fsp3) is 0.562. The molecule has 0 bridgehead atoms. The van der Waals surface area contributed by atoms with Crippen LogP contribution in [-0.4, -0.2) is 55.4 Å². The van der Waals surface area contributed by atoms with Gasteiger partial charge in [0.2, 0.25) is 15.9 Å². The number of carbonyl (C=O) groups excluding carboxylic acids is 1. The van der Waals surface area contributed by atoms with Gasteiger partial charge in [-0.05, 0) is 37.5 Å². The van der Waals surface area contributed by atoms with Crippen LogP contribution in [0.4, 0.5) is 4.39 Å². The summed E-state index contributed by atoms with van der Waals surface area (Å²) in [6.07, 6.45) is 1.51. The summed E-state index contributed by atoms with van der Waals surface area (Å²) in [6.45, 7) is 0.979. The van der Waals surface area contributed by atoms with Crippen molar-refractivity contribution in [2.24, 2.45) is 0 Å². The van der Waals surface area contributed by atoms with Crippen molar-refractivity contribution in [3.8, 4) is 0 Å². The van der Waals surface area contributed by atoms with Crippen molar-refractivity contribution in [3.05, 3.63) is 28.7 Å². The molecule has 2 heterocycles. The van der Waals surface area contributed by atoms with Crippen LogP contribution in [0, 0.1) is 0 Å². The lowest BCUT2D eigenvalue weighted by Gasteiger charge is -2.32. The van der Waals surface area contributed by atoms with Crippen LogP contribution in [0.25, 0.3) is 0 Å². The van der Waals surface area contributed by atoms with Crippen LogP contribution in [0.2, 0.25) is 0 Å². The van der Waals surface area contributed by atoms with E-state index in [1.807, 2.05) is 0 Å². The highest BCUT2D eigenvalue weighted by Crippen LogP contribution is 2.30. The SMILES string of the molecule is O=C([C@@H]1C[C@H](F)CN1S(=O)(=O)c1cccc(Br)c1)N1CCCCC1. The van der Waals surface area contributed by atoms with Gasteiger partial charge in [-0.1, -0.05) is 22.0 Å². The summed E-state index contributed by atoms with van der Waals surface area (Å²) >= 11 is 3.25. The number of rotatable bonds is 3. The van der Waals surface area contributed by atoms with Gasteiger partial charge in [0.25, 0.3) is 0 Å². The predicted octanol–water partition coefficient (Wildman–Crippen LogP) is 2.56. The van der Waals surface area contributed by atoms with Crippen molar-refractivity contribution in [1.29, 1.82) is 0 Å². The second-order valence-electron chi connectivity index (χ2n) is 6.27. The zero-order valence-corrected chi connectivity index (χ0v) is 15.6. The van der Waals surface area contributed by atoms with E-state index in [1.54, 1.807) is 17.0 Å². The maximum Gasteiger partial charge on any atom is 0.243 e. The summed E-state index contributed by atoms with van der Waals surface area (Å²) < 4.78 is 41.4. The van der Waals surface area contributed by atoms with Gasteiger partial charge in [-0.3, -0.25) is 4.79 Å². The Morgan fingerprint density at radius 3 is 2.58 bits per heavy atom. The average Bonchev–Trinajstić information content (AvgIpc) is 2.97. The Balaban J connectivity index is 1.88. The first-order valence-electron chi connectivity index (χ1n) is 8.10. The molecule has 2 saturated heterocycles. The van der Waals surface area contributed by atoms with Gasteiger partial charge in [-0.25, -0.2) is 12.8 Å². The number of nitrogens with zero attached hydrogens (tertiary/aromatic N) is 2. The molecule has 0 N–H and O–H groups in total. The Kier molecular flexibility index (Phi) is 5.27. The number of piperidine rings is 1. The molecule has 2 aliphatic rings. The number of carbonyl (C=O) groups is 1. The molecule has 0 aliphatic carbocycles. The Bertz CT molecular complexity index is 722. The first kappa shape index (κ1) is 17.8. The lowest BCUT2D eigenvalue weighted by atomic mass is 10.1. The molecule has 0 unspecified atom stereocenters. The second-order valence-corrected chi connectivity index (χ2v) is 9.07.